The molecule has 1 unspecified atom stereocenters. The highest BCUT2D eigenvalue weighted by atomic mass is 16.5. The Labute approximate surface area is 108 Å². The number of carbonyl (C=O) groups excluding carboxylic acids is 1. The number of benzene rings is 1. The zero-order chi connectivity index (χ0) is 13.7. The van der Waals surface area contributed by atoms with Crippen molar-refractivity contribution >= 4 is 16.8 Å². The van der Waals surface area contributed by atoms with Crippen molar-refractivity contribution in [3.8, 4) is 11.5 Å². The topological polar surface area (TPSA) is 76.7 Å². The molecule has 0 spiro atoms. The normalized spacial score (nSPS) is 18.2. The summed E-state index contributed by atoms with van der Waals surface area (Å²) in [7, 11) is 0. The first-order valence-electron chi connectivity index (χ1n) is 5.97. The van der Waals surface area contributed by atoms with Crippen LogP contribution in [0.25, 0.3) is 11.0 Å². The van der Waals surface area contributed by atoms with E-state index in [-0.39, 0.29) is 41.0 Å². The number of ketones is 1. The standard InChI is InChI=1S/C14H12O5/c1-6-3-11(16)19-9-5-10-13(14(17)12(6)9)8(15)4-7(2)18-10/h3,5,7,17H,4H2,1-2H3. The average molecular weight is 260 g/mol. The third-order valence-electron chi connectivity index (χ3n) is 3.25. The Morgan fingerprint density at radius 2 is 2.05 bits per heavy atom. The van der Waals surface area contributed by atoms with E-state index in [0.717, 1.165) is 0 Å². The number of hydrogen-bond acceptors (Lipinski definition) is 5. The van der Waals surface area contributed by atoms with Gasteiger partial charge < -0.3 is 14.3 Å². The minimum Gasteiger partial charge on any atom is -0.506 e. The van der Waals surface area contributed by atoms with Crippen molar-refractivity contribution in [2.75, 3.05) is 0 Å². The highest BCUT2D eigenvalue weighted by Crippen LogP contribution is 2.40. The van der Waals surface area contributed by atoms with Crippen LogP contribution in [-0.4, -0.2) is 17.0 Å². The lowest BCUT2D eigenvalue weighted by Gasteiger charge is -2.23. The van der Waals surface area contributed by atoms with Gasteiger partial charge >= 0.3 is 5.63 Å². The summed E-state index contributed by atoms with van der Waals surface area (Å²) in [5.41, 5.74) is 0.461. The van der Waals surface area contributed by atoms with E-state index in [1.54, 1.807) is 13.8 Å². The second-order valence-corrected chi connectivity index (χ2v) is 4.78. The summed E-state index contributed by atoms with van der Waals surface area (Å²) in [5.74, 6) is -0.0769. The summed E-state index contributed by atoms with van der Waals surface area (Å²) in [6.45, 7) is 3.46. The first-order chi connectivity index (χ1) is 8.97. The van der Waals surface area contributed by atoms with Crippen molar-refractivity contribution < 1.29 is 19.1 Å². The van der Waals surface area contributed by atoms with E-state index in [4.69, 9.17) is 9.15 Å². The molecule has 0 saturated carbocycles. The number of phenolic OH excluding ortho intramolecular Hbond substituents is 1. The molecule has 0 fully saturated rings. The molecule has 1 aliphatic heterocycles. The van der Waals surface area contributed by atoms with Crippen LogP contribution in [0.15, 0.2) is 21.3 Å². The van der Waals surface area contributed by atoms with Crippen LogP contribution in [0.2, 0.25) is 0 Å². The summed E-state index contributed by atoms with van der Waals surface area (Å²) in [4.78, 5) is 23.4. The van der Waals surface area contributed by atoms with Crippen molar-refractivity contribution in [3.63, 3.8) is 0 Å². The van der Waals surface area contributed by atoms with Gasteiger partial charge in [-0.1, -0.05) is 0 Å². The number of rotatable bonds is 0. The van der Waals surface area contributed by atoms with Gasteiger partial charge in [0.05, 0.1) is 5.39 Å². The van der Waals surface area contributed by atoms with Crippen LogP contribution in [0.5, 0.6) is 11.5 Å². The lowest BCUT2D eigenvalue weighted by molar-refractivity contribution is 0.0867. The molecule has 0 aliphatic carbocycles. The van der Waals surface area contributed by atoms with Gasteiger partial charge in [0, 0.05) is 18.6 Å². The Hall–Kier alpha value is -2.30. The first kappa shape index (κ1) is 11.8. The second kappa shape index (κ2) is 3.85. The maximum atomic E-state index is 12.0. The molecule has 0 saturated heterocycles. The molecule has 5 heteroatoms. The Morgan fingerprint density at radius 1 is 1.32 bits per heavy atom. The minimum atomic E-state index is -0.500. The monoisotopic (exact) mass is 260 g/mol. The Morgan fingerprint density at radius 3 is 2.79 bits per heavy atom. The fourth-order valence-corrected chi connectivity index (χ4v) is 2.45. The van der Waals surface area contributed by atoms with Gasteiger partial charge in [-0.05, 0) is 19.4 Å². The van der Waals surface area contributed by atoms with E-state index >= 15 is 0 Å². The fraction of sp³-hybridized carbons (Fsp3) is 0.286. The van der Waals surface area contributed by atoms with Gasteiger partial charge in [-0.15, -0.1) is 0 Å². The first-order valence-corrected chi connectivity index (χ1v) is 5.97. The molecule has 0 radical (unpaired) electrons. The van der Waals surface area contributed by atoms with Crippen LogP contribution in [0, 0.1) is 6.92 Å². The van der Waals surface area contributed by atoms with Crippen molar-refractivity contribution in [3.05, 3.63) is 33.7 Å². The second-order valence-electron chi connectivity index (χ2n) is 4.78. The van der Waals surface area contributed by atoms with E-state index < -0.39 is 5.63 Å². The van der Waals surface area contributed by atoms with E-state index in [9.17, 15) is 14.7 Å². The van der Waals surface area contributed by atoms with Gasteiger partial charge in [-0.2, -0.15) is 0 Å². The van der Waals surface area contributed by atoms with Gasteiger partial charge in [-0.3, -0.25) is 4.79 Å². The molecule has 98 valence electrons. The summed E-state index contributed by atoms with van der Waals surface area (Å²) in [5, 5.41) is 10.6. The summed E-state index contributed by atoms with van der Waals surface area (Å²) in [6, 6.07) is 2.78. The van der Waals surface area contributed by atoms with Gasteiger partial charge in [0.25, 0.3) is 0 Å². The third kappa shape index (κ3) is 1.69. The minimum absolute atomic E-state index is 0.168. The third-order valence-corrected chi connectivity index (χ3v) is 3.25. The summed E-state index contributed by atoms with van der Waals surface area (Å²) in [6.07, 6.45) is -0.0320. The highest BCUT2D eigenvalue weighted by Gasteiger charge is 2.29. The molecule has 2 aromatic rings. The highest BCUT2D eigenvalue weighted by molar-refractivity contribution is 6.08. The molecule has 0 bridgehead atoms. The Kier molecular flexibility index (Phi) is 2.38. The van der Waals surface area contributed by atoms with Crippen molar-refractivity contribution in [1.82, 2.24) is 0 Å². The Balaban J connectivity index is 2.43. The number of phenols is 1. The van der Waals surface area contributed by atoms with E-state index in [0.29, 0.717) is 10.9 Å². The molecule has 1 N–H and O–H groups in total. The predicted octanol–water partition coefficient (Wildman–Crippen LogP) is 2.16. The molecule has 1 atom stereocenters. The predicted molar refractivity (Wildman–Crippen MR) is 67.9 cm³/mol. The number of aromatic hydroxyl groups is 1. The van der Waals surface area contributed by atoms with E-state index in [2.05, 4.69) is 0 Å². The number of ether oxygens (including phenoxy) is 1. The van der Waals surface area contributed by atoms with Crippen LogP contribution >= 0.6 is 0 Å². The van der Waals surface area contributed by atoms with Crippen LogP contribution in [0.3, 0.4) is 0 Å². The molecule has 3 rings (SSSR count). The van der Waals surface area contributed by atoms with Crippen molar-refractivity contribution in [1.29, 1.82) is 0 Å². The maximum absolute atomic E-state index is 12.0. The molecule has 19 heavy (non-hydrogen) atoms. The lowest BCUT2D eigenvalue weighted by Crippen LogP contribution is -2.24. The zero-order valence-corrected chi connectivity index (χ0v) is 10.5. The quantitative estimate of drug-likeness (QED) is 0.734. The number of aryl methyl sites for hydroxylation is 1. The molecule has 1 aromatic heterocycles. The number of carbonyl (C=O) groups is 1. The molecular weight excluding hydrogens is 248 g/mol. The fourth-order valence-electron chi connectivity index (χ4n) is 2.45. The van der Waals surface area contributed by atoms with Gasteiger partial charge in [-0.25, -0.2) is 4.79 Å². The van der Waals surface area contributed by atoms with Gasteiger partial charge in [0.15, 0.2) is 5.78 Å². The Bertz CT molecular complexity index is 757. The summed E-state index contributed by atoms with van der Waals surface area (Å²) < 4.78 is 10.6. The van der Waals surface area contributed by atoms with Gasteiger partial charge in [0.1, 0.15) is 28.7 Å². The zero-order valence-electron chi connectivity index (χ0n) is 10.5. The largest absolute Gasteiger partial charge is 0.506 e. The molecule has 2 heterocycles. The van der Waals surface area contributed by atoms with Gasteiger partial charge in [0.2, 0.25) is 0 Å². The lowest BCUT2D eigenvalue weighted by atomic mass is 9.97. The number of Topliss-reactive ketones (excluding diaryl/α,β-unsaturated/α-hetero) is 1. The maximum Gasteiger partial charge on any atom is 0.336 e. The molecule has 0 amide bonds. The number of fused-ring (bicyclic) bond motifs is 2. The SMILES string of the molecule is Cc1cc(=O)oc2cc3c(c(O)c12)C(=O)CC(C)O3. The smallest absolute Gasteiger partial charge is 0.336 e. The van der Waals surface area contributed by atoms with E-state index in [1.807, 2.05) is 0 Å². The van der Waals surface area contributed by atoms with E-state index in [1.165, 1.54) is 12.1 Å². The molecule has 5 nitrogen and oxygen atoms in total. The van der Waals surface area contributed by atoms with Crippen molar-refractivity contribution in [2.45, 2.75) is 26.4 Å². The van der Waals surface area contributed by atoms with Crippen LogP contribution in [0.1, 0.15) is 29.3 Å². The molecular formula is C14H12O5. The molecule has 1 aliphatic rings. The van der Waals surface area contributed by atoms with Crippen LogP contribution in [-0.2, 0) is 0 Å². The number of hydrogen-bond donors (Lipinski definition) is 1. The van der Waals surface area contributed by atoms with Crippen LogP contribution in [0.4, 0.5) is 0 Å². The summed E-state index contributed by atoms with van der Waals surface area (Å²) >= 11 is 0. The van der Waals surface area contributed by atoms with Crippen molar-refractivity contribution in [2.24, 2.45) is 0 Å². The molecule has 1 aromatic carbocycles. The van der Waals surface area contributed by atoms with Crippen LogP contribution < -0.4 is 10.4 Å². The average Bonchev–Trinajstić information content (AvgIpc) is 2.25.